The van der Waals surface area contributed by atoms with Crippen LogP contribution in [0.4, 0.5) is 5.82 Å². The van der Waals surface area contributed by atoms with Crippen molar-refractivity contribution >= 4 is 38.6 Å². The molecule has 3 aromatic rings. The first-order valence-corrected chi connectivity index (χ1v) is 6.70. The van der Waals surface area contributed by atoms with Crippen molar-refractivity contribution in [3.8, 4) is 0 Å². The smallest absolute Gasteiger partial charge is 0.292 e. The molecule has 0 fully saturated rings. The van der Waals surface area contributed by atoms with Crippen molar-refractivity contribution in [1.29, 1.82) is 0 Å². The zero-order chi connectivity index (χ0) is 14.1. The van der Waals surface area contributed by atoms with Crippen LogP contribution in [0.25, 0.3) is 11.0 Å². The Hall–Kier alpha value is -2.21. The molecule has 2 aromatic heterocycles. The van der Waals surface area contributed by atoms with E-state index in [2.05, 4.69) is 31.2 Å². The predicted molar refractivity (Wildman–Crippen MR) is 78.6 cm³/mol. The van der Waals surface area contributed by atoms with Crippen molar-refractivity contribution in [3.05, 3.63) is 52.6 Å². The number of rotatable bonds is 2. The Labute approximate surface area is 123 Å². The summed E-state index contributed by atoms with van der Waals surface area (Å²) in [6.07, 6.45) is 2.98. The van der Waals surface area contributed by atoms with Crippen LogP contribution >= 0.6 is 15.9 Å². The molecular formula is C14H10BrN3O2. The van der Waals surface area contributed by atoms with Gasteiger partial charge in [0.15, 0.2) is 11.6 Å². The molecule has 0 bridgehead atoms. The van der Waals surface area contributed by atoms with Gasteiger partial charge in [-0.1, -0.05) is 11.6 Å². The average molecular weight is 332 g/mol. The quantitative estimate of drug-likeness (QED) is 0.779. The maximum Gasteiger partial charge on any atom is 0.292 e. The summed E-state index contributed by atoms with van der Waals surface area (Å²) in [7, 11) is 0. The van der Waals surface area contributed by atoms with Gasteiger partial charge in [0.1, 0.15) is 10.2 Å². The van der Waals surface area contributed by atoms with Gasteiger partial charge in [-0.25, -0.2) is 9.97 Å². The lowest BCUT2D eigenvalue weighted by atomic mass is 10.2. The van der Waals surface area contributed by atoms with Crippen molar-refractivity contribution in [2.75, 3.05) is 5.32 Å². The Balaban J connectivity index is 1.86. The number of amides is 1. The van der Waals surface area contributed by atoms with Gasteiger partial charge in [0, 0.05) is 5.39 Å². The summed E-state index contributed by atoms with van der Waals surface area (Å²) in [6, 6.07) is 7.47. The number of hydrogen-bond acceptors (Lipinski definition) is 4. The van der Waals surface area contributed by atoms with Crippen LogP contribution in [0.2, 0.25) is 0 Å². The monoisotopic (exact) mass is 331 g/mol. The normalized spacial score (nSPS) is 10.7. The van der Waals surface area contributed by atoms with E-state index in [0.717, 1.165) is 10.9 Å². The maximum atomic E-state index is 12.1. The molecule has 0 aliphatic carbocycles. The van der Waals surface area contributed by atoms with Crippen molar-refractivity contribution < 1.29 is 9.21 Å². The third-order valence-corrected chi connectivity index (χ3v) is 3.17. The van der Waals surface area contributed by atoms with E-state index in [1.807, 2.05) is 25.1 Å². The lowest BCUT2D eigenvalue weighted by Gasteiger charge is -2.00. The predicted octanol–water partition coefficient (Wildman–Crippen LogP) is 3.55. The highest BCUT2D eigenvalue weighted by Crippen LogP contribution is 2.21. The molecule has 3 rings (SSSR count). The van der Waals surface area contributed by atoms with E-state index in [-0.39, 0.29) is 11.7 Å². The Morgan fingerprint density at radius 2 is 2.10 bits per heavy atom. The van der Waals surface area contributed by atoms with Crippen LogP contribution in [0.3, 0.4) is 0 Å². The molecular weight excluding hydrogens is 322 g/mol. The van der Waals surface area contributed by atoms with Crippen LogP contribution in [-0.4, -0.2) is 15.9 Å². The molecule has 0 aliphatic heterocycles. The first kappa shape index (κ1) is 12.8. The summed E-state index contributed by atoms with van der Waals surface area (Å²) in [5, 5.41) is 3.53. The van der Waals surface area contributed by atoms with E-state index in [9.17, 15) is 4.79 Å². The third kappa shape index (κ3) is 2.55. The number of benzene rings is 1. The average Bonchev–Trinajstić information content (AvgIpc) is 2.84. The van der Waals surface area contributed by atoms with Gasteiger partial charge in [-0.05, 0) is 41.1 Å². The summed E-state index contributed by atoms with van der Waals surface area (Å²) < 4.78 is 6.12. The Kier molecular flexibility index (Phi) is 3.23. The number of aromatic nitrogens is 2. The van der Waals surface area contributed by atoms with Crippen molar-refractivity contribution in [1.82, 2.24) is 9.97 Å². The molecule has 0 spiro atoms. The molecule has 100 valence electrons. The largest absolute Gasteiger partial charge is 0.451 e. The summed E-state index contributed by atoms with van der Waals surface area (Å²) in [5.41, 5.74) is 1.80. The van der Waals surface area contributed by atoms with E-state index in [0.29, 0.717) is 16.0 Å². The summed E-state index contributed by atoms with van der Waals surface area (Å²) in [4.78, 5) is 20.1. The van der Waals surface area contributed by atoms with Crippen molar-refractivity contribution in [2.24, 2.45) is 0 Å². The second kappa shape index (κ2) is 5.05. The number of carbonyl (C=O) groups is 1. The van der Waals surface area contributed by atoms with Crippen LogP contribution in [0.1, 0.15) is 16.1 Å². The van der Waals surface area contributed by atoms with Gasteiger partial charge in [-0.3, -0.25) is 4.79 Å². The van der Waals surface area contributed by atoms with Gasteiger partial charge in [-0.2, -0.15) is 0 Å². The van der Waals surface area contributed by atoms with Crippen LogP contribution in [-0.2, 0) is 0 Å². The SMILES string of the molecule is Cc1ccc2oc(C(=O)Nc3cnc(Br)cn3)cc2c1. The van der Waals surface area contributed by atoms with Gasteiger partial charge >= 0.3 is 0 Å². The maximum absolute atomic E-state index is 12.1. The number of anilines is 1. The topological polar surface area (TPSA) is 68.0 Å². The molecule has 1 amide bonds. The number of furan rings is 1. The van der Waals surface area contributed by atoms with Crippen molar-refractivity contribution in [2.45, 2.75) is 6.92 Å². The van der Waals surface area contributed by atoms with E-state index >= 15 is 0 Å². The van der Waals surface area contributed by atoms with Crippen LogP contribution < -0.4 is 5.32 Å². The molecule has 0 radical (unpaired) electrons. The number of nitrogens with zero attached hydrogens (tertiary/aromatic N) is 2. The number of halogens is 1. The Morgan fingerprint density at radius 1 is 1.25 bits per heavy atom. The first-order valence-electron chi connectivity index (χ1n) is 5.91. The Morgan fingerprint density at radius 3 is 2.85 bits per heavy atom. The lowest BCUT2D eigenvalue weighted by molar-refractivity contribution is 0.0998. The highest BCUT2D eigenvalue weighted by molar-refractivity contribution is 9.10. The fourth-order valence-electron chi connectivity index (χ4n) is 1.83. The summed E-state index contributed by atoms with van der Waals surface area (Å²) in [5.74, 6) is 0.264. The fourth-order valence-corrected chi connectivity index (χ4v) is 2.03. The second-order valence-electron chi connectivity index (χ2n) is 4.33. The van der Waals surface area contributed by atoms with Crippen LogP contribution in [0.5, 0.6) is 0 Å². The van der Waals surface area contributed by atoms with Gasteiger partial charge in [0.05, 0.1) is 12.4 Å². The zero-order valence-electron chi connectivity index (χ0n) is 10.6. The minimum atomic E-state index is -0.351. The number of fused-ring (bicyclic) bond motifs is 1. The molecule has 2 heterocycles. The standard InChI is InChI=1S/C14H10BrN3O2/c1-8-2-3-10-9(4-8)5-11(20-10)14(19)18-13-7-16-12(15)6-17-13/h2-7H,1H3,(H,17,18,19). The molecule has 5 nitrogen and oxygen atoms in total. The number of nitrogens with one attached hydrogen (secondary N) is 1. The number of hydrogen-bond donors (Lipinski definition) is 1. The van der Waals surface area contributed by atoms with E-state index in [1.54, 1.807) is 6.07 Å². The van der Waals surface area contributed by atoms with Gasteiger partial charge in [0.25, 0.3) is 5.91 Å². The molecule has 6 heteroatoms. The Bertz CT molecular complexity index is 781. The molecule has 20 heavy (non-hydrogen) atoms. The lowest BCUT2D eigenvalue weighted by Crippen LogP contribution is -2.12. The minimum absolute atomic E-state index is 0.246. The molecule has 0 unspecified atom stereocenters. The third-order valence-electron chi connectivity index (χ3n) is 2.76. The fraction of sp³-hybridized carbons (Fsp3) is 0.0714. The molecule has 0 aliphatic rings. The van der Waals surface area contributed by atoms with Crippen LogP contribution in [0, 0.1) is 6.92 Å². The number of aryl methyl sites for hydroxylation is 1. The molecule has 0 saturated carbocycles. The zero-order valence-corrected chi connectivity index (χ0v) is 12.1. The van der Waals surface area contributed by atoms with Gasteiger partial charge < -0.3 is 9.73 Å². The van der Waals surface area contributed by atoms with E-state index in [1.165, 1.54) is 12.4 Å². The molecule has 1 aromatic carbocycles. The molecule has 0 atom stereocenters. The summed E-state index contributed by atoms with van der Waals surface area (Å²) >= 11 is 3.18. The molecule has 0 saturated heterocycles. The van der Waals surface area contributed by atoms with E-state index < -0.39 is 0 Å². The van der Waals surface area contributed by atoms with Gasteiger partial charge in [0.2, 0.25) is 0 Å². The van der Waals surface area contributed by atoms with Gasteiger partial charge in [-0.15, -0.1) is 0 Å². The second-order valence-corrected chi connectivity index (χ2v) is 5.14. The summed E-state index contributed by atoms with van der Waals surface area (Å²) in [6.45, 7) is 1.99. The van der Waals surface area contributed by atoms with Crippen molar-refractivity contribution in [3.63, 3.8) is 0 Å². The highest BCUT2D eigenvalue weighted by Gasteiger charge is 2.13. The number of carbonyl (C=O) groups excluding carboxylic acids is 1. The minimum Gasteiger partial charge on any atom is -0.451 e. The first-order chi connectivity index (χ1) is 9.61. The van der Waals surface area contributed by atoms with Crippen LogP contribution in [0.15, 0.2) is 45.7 Å². The highest BCUT2D eigenvalue weighted by atomic mass is 79.9. The molecule has 1 N–H and O–H groups in total. The van der Waals surface area contributed by atoms with E-state index in [4.69, 9.17) is 4.42 Å².